The van der Waals surface area contributed by atoms with E-state index < -0.39 is 6.10 Å². The first-order valence-corrected chi connectivity index (χ1v) is 4.93. The average Bonchev–Trinajstić information content (AvgIpc) is 2.75. The lowest BCUT2D eigenvalue weighted by molar-refractivity contribution is 0.136. The van der Waals surface area contributed by atoms with Crippen LogP contribution in [0.5, 0.6) is 0 Å². The minimum atomic E-state index is -0.495. The van der Waals surface area contributed by atoms with Gasteiger partial charge in [-0.15, -0.1) is 0 Å². The number of benzene rings is 1. The Morgan fingerprint density at radius 2 is 1.79 bits per heavy atom. The van der Waals surface area contributed by atoms with Crippen LogP contribution < -0.4 is 0 Å². The Kier molecular flexibility index (Phi) is 2.13. The van der Waals surface area contributed by atoms with Crippen LogP contribution in [0.25, 0.3) is 0 Å². The molecule has 1 aromatic carbocycles. The van der Waals surface area contributed by atoms with Crippen molar-refractivity contribution in [2.24, 2.45) is 0 Å². The molecule has 0 radical (unpaired) electrons. The van der Waals surface area contributed by atoms with Crippen molar-refractivity contribution in [3.8, 4) is 0 Å². The van der Waals surface area contributed by atoms with Crippen LogP contribution in [-0.4, -0.2) is 16.8 Å². The predicted molar refractivity (Wildman–Crippen MR) is 55.1 cm³/mol. The second kappa shape index (κ2) is 3.07. The van der Waals surface area contributed by atoms with Gasteiger partial charge in [0.15, 0.2) is 0 Å². The van der Waals surface area contributed by atoms with Crippen LogP contribution in [0.1, 0.15) is 31.1 Å². The van der Waals surface area contributed by atoms with Crippen LogP contribution in [0.15, 0.2) is 24.3 Å². The fraction of sp³-hybridized carbons (Fsp3) is 0.500. The quantitative estimate of drug-likeness (QED) is 0.729. The van der Waals surface area contributed by atoms with Gasteiger partial charge in [0.2, 0.25) is 0 Å². The van der Waals surface area contributed by atoms with Crippen LogP contribution in [0.2, 0.25) is 0 Å². The van der Waals surface area contributed by atoms with Gasteiger partial charge in [0.25, 0.3) is 0 Å². The highest BCUT2D eigenvalue weighted by molar-refractivity contribution is 5.25. The third-order valence-corrected chi connectivity index (χ3v) is 2.76. The van der Waals surface area contributed by atoms with Gasteiger partial charge in [0.1, 0.15) is 12.2 Å². The van der Waals surface area contributed by atoms with Gasteiger partial charge >= 0.3 is 0 Å². The molecule has 2 atom stereocenters. The van der Waals surface area contributed by atoms with Crippen LogP contribution in [0.3, 0.4) is 0 Å². The van der Waals surface area contributed by atoms with E-state index in [1.54, 1.807) is 0 Å². The highest BCUT2D eigenvalue weighted by Gasteiger charge is 2.52. The van der Waals surface area contributed by atoms with Crippen molar-refractivity contribution in [1.29, 1.82) is 0 Å². The van der Waals surface area contributed by atoms with Crippen molar-refractivity contribution in [3.05, 3.63) is 35.4 Å². The number of hydrogen-bond donors (Lipinski definition) is 1. The van der Waals surface area contributed by atoms with Gasteiger partial charge in [-0.1, -0.05) is 29.8 Å². The minimum absolute atomic E-state index is 0.0507. The molecule has 2 heteroatoms. The molecule has 0 spiro atoms. The Morgan fingerprint density at radius 1 is 1.29 bits per heavy atom. The largest absolute Gasteiger partial charge is 0.386 e. The summed E-state index contributed by atoms with van der Waals surface area (Å²) in [5.74, 6) is 0. The standard InChI is InChI=1S/C12H16O2/c1-8-4-6-9(7-5-8)10(13)11-12(2,3)14-11/h4-7,10-11,13H,1-3H3/t10-,11+/m1/s1. The lowest BCUT2D eigenvalue weighted by Crippen LogP contribution is -2.12. The van der Waals surface area contributed by atoms with Crippen LogP contribution in [-0.2, 0) is 4.74 Å². The Hall–Kier alpha value is -0.860. The maximum Gasteiger partial charge on any atom is 0.117 e. The molecule has 0 amide bonds. The zero-order valence-electron chi connectivity index (χ0n) is 8.82. The summed E-state index contributed by atoms with van der Waals surface area (Å²) in [4.78, 5) is 0. The molecule has 2 nitrogen and oxygen atoms in total. The van der Waals surface area contributed by atoms with Crippen LogP contribution in [0, 0.1) is 6.92 Å². The summed E-state index contributed by atoms with van der Waals surface area (Å²) in [5.41, 5.74) is 1.98. The van der Waals surface area contributed by atoms with E-state index in [1.165, 1.54) is 5.56 Å². The zero-order valence-corrected chi connectivity index (χ0v) is 8.82. The number of aliphatic hydroxyl groups is 1. The van der Waals surface area contributed by atoms with Gasteiger partial charge in [-0.2, -0.15) is 0 Å². The van der Waals surface area contributed by atoms with Gasteiger partial charge < -0.3 is 9.84 Å². The van der Waals surface area contributed by atoms with E-state index in [1.807, 2.05) is 45.0 Å². The van der Waals surface area contributed by atoms with Gasteiger partial charge in [-0.3, -0.25) is 0 Å². The second-order valence-electron chi connectivity index (χ2n) is 4.50. The van der Waals surface area contributed by atoms with Crippen molar-refractivity contribution in [2.45, 2.75) is 38.6 Å². The third-order valence-electron chi connectivity index (χ3n) is 2.76. The van der Waals surface area contributed by atoms with E-state index in [9.17, 15) is 5.11 Å². The molecule has 0 bridgehead atoms. The zero-order chi connectivity index (χ0) is 10.3. The van der Waals surface area contributed by atoms with Crippen molar-refractivity contribution < 1.29 is 9.84 Å². The summed E-state index contributed by atoms with van der Waals surface area (Å²) in [5, 5.41) is 9.96. The van der Waals surface area contributed by atoms with Crippen LogP contribution in [0.4, 0.5) is 0 Å². The first kappa shape index (κ1) is 9.69. The smallest absolute Gasteiger partial charge is 0.117 e. The molecule has 0 unspecified atom stereocenters. The van der Waals surface area contributed by atoms with Crippen LogP contribution >= 0.6 is 0 Å². The molecule has 1 aliphatic rings. The van der Waals surface area contributed by atoms with Crippen molar-refractivity contribution in [2.75, 3.05) is 0 Å². The summed E-state index contributed by atoms with van der Waals surface area (Å²) in [7, 11) is 0. The summed E-state index contributed by atoms with van der Waals surface area (Å²) < 4.78 is 5.40. The first-order chi connectivity index (χ1) is 6.50. The Balaban J connectivity index is 2.13. The maximum absolute atomic E-state index is 9.96. The van der Waals surface area contributed by atoms with E-state index in [-0.39, 0.29) is 11.7 Å². The molecular weight excluding hydrogens is 176 g/mol. The molecule has 1 saturated heterocycles. The first-order valence-electron chi connectivity index (χ1n) is 4.93. The van der Waals surface area contributed by atoms with E-state index in [0.717, 1.165) is 5.56 Å². The maximum atomic E-state index is 9.96. The molecule has 0 aliphatic carbocycles. The fourth-order valence-electron chi connectivity index (χ4n) is 1.68. The molecule has 1 aliphatic heterocycles. The molecule has 14 heavy (non-hydrogen) atoms. The Labute approximate surface area is 84.5 Å². The monoisotopic (exact) mass is 192 g/mol. The lowest BCUT2D eigenvalue weighted by Gasteiger charge is -2.09. The van der Waals surface area contributed by atoms with Crippen molar-refractivity contribution >= 4 is 0 Å². The molecule has 76 valence electrons. The van der Waals surface area contributed by atoms with Gasteiger partial charge in [-0.25, -0.2) is 0 Å². The Morgan fingerprint density at radius 3 is 2.21 bits per heavy atom. The van der Waals surface area contributed by atoms with Gasteiger partial charge in [0, 0.05) is 0 Å². The third kappa shape index (κ3) is 1.68. The normalized spacial score (nSPS) is 25.9. The SMILES string of the molecule is Cc1ccc([C@@H](O)[C@@H]2OC2(C)C)cc1. The highest BCUT2D eigenvalue weighted by atomic mass is 16.6. The topological polar surface area (TPSA) is 32.8 Å². The summed E-state index contributed by atoms with van der Waals surface area (Å²) in [6.07, 6.45) is -0.546. The summed E-state index contributed by atoms with van der Waals surface area (Å²) >= 11 is 0. The average molecular weight is 192 g/mol. The molecule has 0 aromatic heterocycles. The number of ether oxygens (including phenoxy) is 1. The molecule has 1 fully saturated rings. The van der Waals surface area contributed by atoms with Gasteiger partial charge in [-0.05, 0) is 26.3 Å². The lowest BCUT2D eigenvalue weighted by atomic mass is 9.99. The summed E-state index contributed by atoms with van der Waals surface area (Å²) in [6.45, 7) is 6.03. The summed E-state index contributed by atoms with van der Waals surface area (Å²) in [6, 6.07) is 7.93. The molecule has 1 heterocycles. The van der Waals surface area contributed by atoms with E-state index in [2.05, 4.69) is 0 Å². The second-order valence-corrected chi connectivity index (χ2v) is 4.50. The highest BCUT2D eigenvalue weighted by Crippen LogP contribution is 2.43. The van der Waals surface area contributed by atoms with Gasteiger partial charge in [0.05, 0.1) is 5.60 Å². The number of aryl methyl sites for hydroxylation is 1. The number of epoxide rings is 1. The van der Waals surface area contributed by atoms with E-state index in [4.69, 9.17) is 4.74 Å². The fourth-order valence-corrected chi connectivity index (χ4v) is 1.68. The number of rotatable bonds is 2. The Bertz CT molecular complexity index is 327. The van der Waals surface area contributed by atoms with Crippen molar-refractivity contribution in [1.82, 2.24) is 0 Å². The molecule has 1 aromatic rings. The molecule has 1 N–H and O–H groups in total. The minimum Gasteiger partial charge on any atom is -0.386 e. The molecule has 0 saturated carbocycles. The molecular formula is C12H16O2. The number of aliphatic hydroxyl groups excluding tert-OH is 1. The molecule has 2 rings (SSSR count). The van der Waals surface area contributed by atoms with Crippen molar-refractivity contribution in [3.63, 3.8) is 0 Å². The predicted octanol–water partition coefficient (Wildman–Crippen LogP) is 2.21. The van der Waals surface area contributed by atoms with E-state index in [0.29, 0.717) is 0 Å². The van der Waals surface area contributed by atoms with E-state index >= 15 is 0 Å². The number of hydrogen-bond acceptors (Lipinski definition) is 2.